The van der Waals surface area contributed by atoms with Gasteiger partial charge < -0.3 is 9.47 Å². The second kappa shape index (κ2) is 7.14. The molecule has 0 aromatic heterocycles. The van der Waals surface area contributed by atoms with E-state index in [2.05, 4.69) is 0 Å². The molecule has 0 saturated heterocycles. The molecule has 0 unspecified atom stereocenters. The first-order valence-electron chi connectivity index (χ1n) is 6.92. The molecule has 0 bridgehead atoms. The number of sulfonamides is 1. The van der Waals surface area contributed by atoms with Crippen molar-refractivity contribution < 1.29 is 26.7 Å². The zero-order valence-electron chi connectivity index (χ0n) is 13.4. The maximum absolute atomic E-state index is 13.3. The lowest BCUT2D eigenvalue weighted by atomic mass is 10.2. The van der Waals surface area contributed by atoms with Gasteiger partial charge in [-0.25, -0.2) is 17.2 Å². The molecular weight excluding hydrogens is 340 g/mol. The van der Waals surface area contributed by atoms with Crippen LogP contribution in [0.4, 0.5) is 8.78 Å². The molecule has 0 spiro atoms. The molecule has 2 aromatic rings. The van der Waals surface area contributed by atoms with Gasteiger partial charge in [0.25, 0.3) is 0 Å². The summed E-state index contributed by atoms with van der Waals surface area (Å²) in [7, 11) is 0.313. The minimum absolute atomic E-state index is 0.0261. The largest absolute Gasteiger partial charge is 0.497 e. The quantitative estimate of drug-likeness (QED) is 0.798. The maximum Gasteiger partial charge on any atom is 0.243 e. The highest BCUT2D eigenvalue weighted by atomic mass is 32.2. The SMILES string of the molecule is COc1ccc(OC)c(CN(C)S(=O)(=O)c2ccc(F)c(F)c2)c1. The molecule has 0 aliphatic heterocycles. The lowest BCUT2D eigenvalue weighted by Crippen LogP contribution is -2.27. The second-order valence-corrected chi connectivity index (χ2v) is 7.06. The lowest BCUT2D eigenvalue weighted by molar-refractivity contribution is 0.389. The number of methoxy groups -OCH3 is 2. The summed E-state index contributed by atoms with van der Waals surface area (Å²) < 4.78 is 62.7. The van der Waals surface area contributed by atoms with Gasteiger partial charge in [-0.3, -0.25) is 0 Å². The van der Waals surface area contributed by atoms with Crippen LogP contribution >= 0.6 is 0 Å². The summed E-state index contributed by atoms with van der Waals surface area (Å²) >= 11 is 0. The molecule has 24 heavy (non-hydrogen) atoms. The third kappa shape index (κ3) is 3.65. The number of nitrogens with zero attached hydrogens (tertiary/aromatic N) is 1. The smallest absolute Gasteiger partial charge is 0.243 e. The van der Waals surface area contributed by atoms with Gasteiger partial charge >= 0.3 is 0 Å². The van der Waals surface area contributed by atoms with E-state index >= 15 is 0 Å². The molecule has 130 valence electrons. The Morgan fingerprint density at radius 1 is 1.00 bits per heavy atom. The Bertz CT molecular complexity index is 840. The standard InChI is InChI=1S/C16H17F2NO4S/c1-19(10-11-8-12(22-2)4-7-16(11)23-3)24(20,21)13-5-6-14(17)15(18)9-13/h4-9H,10H2,1-3H3. The molecule has 2 rings (SSSR count). The van der Waals surface area contributed by atoms with Crippen molar-refractivity contribution in [3.05, 3.63) is 53.6 Å². The van der Waals surface area contributed by atoms with Gasteiger partial charge in [0.05, 0.1) is 19.1 Å². The first kappa shape index (κ1) is 18.2. The van der Waals surface area contributed by atoms with E-state index in [1.165, 1.54) is 21.3 Å². The molecule has 0 radical (unpaired) electrons. The number of halogens is 2. The van der Waals surface area contributed by atoms with Crippen molar-refractivity contribution in [3.63, 3.8) is 0 Å². The van der Waals surface area contributed by atoms with Gasteiger partial charge in [0.15, 0.2) is 11.6 Å². The van der Waals surface area contributed by atoms with Crippen LogP contribution in [-0.2, 0) is 16.6 Å². The van der Waals surface area contributed by atoms with Gasteiger partial charge in [-0.2, -0.15) is 4.31 Å². The number of rotatable bonds is 6. The first-order valence-corrected chi connectivity index (χ1v) is 8.36. The molecule has 0 atom stereocenters. The Morgan fingerprint density at radius 3 is 2.29 bits per heavy atom. The number of hydrogen-bond acceptors (Lipinski definition) is 4. The Balaban J connectivity index is 2.34. The molecular formula is C16H17F2NO4S. The van der Waals surface area contributed by atoms with Crippen LogP contribution in [-0.4, -0.2) is 34.0 Å². The molecule has 0 aliphatic rings. The van der Waals surface area contributed by atoms with Crippen molar-refractivity contribution in [2.24, 2.45) is 0 Å². The molecule has 0 aliphatic carbocycles. The molecule has 0 fully saturated rings. The minimum atomic E-state index is -3.99. The van der Waals surface area contributed by atoms with Crippen molar-refractivity contribution >= 4 is 10.0 Å². The van der Waals surface area contributed by atoms with E-state index in [0.29, 0.717) is 23.1 Å². The number of hydrogen-bond donors (Lipinski definition) is 0. The van der Waals surface area contributed by atoms with Gasteiger partial charge in [0.1, 0.15) is 11.5 Å². The minimum Gasteiger partial charge on any atom is -0.497 e. The third-order valence-corrected chi connectivity index (χ3v) is 5.28. The Hall–Kier alpha value is -2.19. The van der Waals surface area contributed by atoms with E-state index in [4.69, 9.17) is 9.47 Å². The molecule has 8 heteroatoms. The number of ether oxygens (including phenoxy) is 2. The van der Waals surface area contributed by atoms with Crippen LogP contribution in [0.5, 0.6) is 11.5 Å². The summed E-state index contributed by atoms with van der Waals surface area (Å²) in [4.78, 5) is -0.328. The van der Waals surface area contributed by atoms with Crippen LogP contribution in [0, 0.1) is 11.6 Å². The van der Waals surface area contributed by atoms with Crippen molar-refractivity contribution in [2.75, 3.05) is 21.3 Å². The maximum atomic E-state index is 13.3. The highest BCUT2D eigenvalue weighted by molar-refractivity contribution is 7.89. The Morgan fingerprint density at radius 2 is 1.71 bits per heavy atom. The topological polar surface area (TPSA) is 55.8 Å². The third-order valence-electron chi connectivity index (χ3n) is 3.48. The fourth-order valence-corrected chi connectivity index (χ4v) is 3.31. The Labute approximate surface area is 139 Å². The highest BCUT2D eigenvalue weighted by Crippen LogP contribution is 2.27. The van der Waals surface area contributed by atoms with Crippen LogP contribution in [0.25, 0.3) is 0 Å². The molecule has 0 amide bonds. The van der Waals surface area contributed by atoms with Gasteiger partial charge in [-0.1, -0.05) is 0 Å². The van der Waals surface area contributed by atoms with Crippen molar-refractivity contribution in [2.45, 2.75) is 11.4 Å². The first-order chi connectivity index (χ1) is 11.3. The average Bonchev–Trinajstić information content (AvgIpc) is 2.56. The van der Waals surface area contributed by atoms with Gasteiger partial charge in [-0.15, -0.1) is 0 Å². The normalized spacial score (nSPS) is 11.6. The lowest BCUT2D eigenvalue weighted by Gasteiger charge is -2.19. The summed E-state index contributed by atoms with van der Waals surface area (Å²) in [6, 6.07) is 7.45. The molecule has 2 aromatic carbocycles. The number of benzene rings is 2. The summed E-state index contributed by atoms with van der Waals surface area (Å²) in [5, 5.41) is 0. The highest BCUT2D eigenvalue weighted by Gasteiger charge is 2.23. The second-order valence-electron chi connectivity index (χ2n) is 5.01. The van der Waals surface area contributed by atoms with Crippen LogP contribution in [0.1, 0.15) is 5.56 Å². The van der Waals surface area contributed by atoms with Crippen molar-refractivity contribution in [1.82, 2.24) is 4.31 Å². The van der Waals surface area contributed by atoms with Crippen molar-refractivity contribution in [3.8, 4) is 11.5 Å². The predicted molar refractivity (Wildman–Crippen MR) is 84.6 cm³/mol. The molecule has 0 heterocycles. The zero-order valence-corrected chi connectivity index (χ0v) is 14.2. The summed E-state index contributed by atoms with van der Waals surface area (Å²) in [6.45, 7) is -0.0261. The molecule has 5 nitrogen and oxygen atoms in total. The predicted octanol–water partition coefficient (Wildman–Crippen LogP) is 2.80. The molecule has 0 saturated carbocycles. The van der Waals surface area contributed by atoms with Crippen LogP contribution in [0.15, 0.2) is 41.3 Å². The van der Waals surface area contributed by atoms with Gasteiger partial charge in [0, 0.05) is 19.2 Å². The van der Waals surface area contributed by atoms with E-state index < -0.39 is 21.7 Å². The van der Waals surface area contributed by atoms with E-state index in [1.54, 1.807) is 18.2 Å². The summed E-state index contributed by atoms with van der Waals surface area (Å²) in [6.07, 6.45) is 0. The van der Waals surface area contributed by atoms with Gasteiger partial charge in [-0.05, 0) is 36.4 Å². The summed E-state index contributed by atoms with van der Waals surface area (Å²) in [5.74, 6) is -1.29. The van der Waals surface area contributed by atoms with E-state index in [1.807, 2.05) is 0 Å². The van der Waals surface area contributed by atoms with Crippen LogP contribution in [0.2, 0.25) is 0 Å². The van der Waals surface area contributed by atoms with E-state index in [-0.39, 0.29) is 11.4 Å². The van der Waals surface area contributed by atoms with E-state index in [0.717, 1.165) is 16.4 Å². The van der Waals surface area contributed by atoms with Gasteiger partial charge in [0.2, 0.25) is 10.0 Å². The Kier molecular flexibility index (Phi) is 5.40. The van der Waals surface area contributed by atoms with Crippen LogP contribution < -0.4 is 9.47 Å². The fraction of sp³-hybridized carbons (Fsp3) is 0.250. The fourth-order valence-electron chi connectivity index (χ4n) is 2.15. The molecule has 0 N–H and O–H groups in total. The monoisotopic (exact) mass is 357 g/mol. The van der Waals surface area contributed by atoms with Crippen molar-refractivity contribution in [1.29, 1.82) is 0 Å². The van der Waals surface area contributed by atoms with Crippen LogP contribution in [0.3, 0.4) is 0 Å². The van der Waals surface area contributed by atoms with E-state index in [9.17, 15) is 17.2 Å². The zero-order chi connectivity index (χ0) is 17.9. The average molecular weight is 357 g/mol. The summed E-state index contributed by atoms with van der Waals surface area (Å²) in [5.41, 5.74) is 0.575.